The standard InChI is InChI=1S/C20H19N3O4S2/c1-13-10-14(2)12-16(11-13)20(25)22-21-19(24)15-5-7-17(8-6-15)23-29(26,27)18-4-3-9-28-18/h3-12,23H,1-2H3,(H,21,24)(H,22,25). The summed E-state index contributed by atoms with van der Waals surface area (Å²) in [6, 6.07) is 14.4. The summed E-state index contributed by atoms with van der Waals surface area (Å²) in [4.78, 5) is 24.4. The van der Waals surface area contributed by atoms with Crippen LogP contribution in [0.2, 0.25) is 0 Å². The highest BCUT2D eigenvalue weighted by atomic mass is 32.2. The van der Waals surface area contributed by atoms with Crippen LogP contribution in [0.3, 0.4) is 0 Å². The van der Waals surface area contributed by atoms with Crippen molar-refractivity contribution >= 4 is 38.9 Å². The second-order valence-electron chi connectivity index (χ2n) is 6.40. The van der Waals surface area contributed by atoms with Gasteiger partial charge < -0.3 is 0 Å². The van der Waals surface area contributed by atoms with Crippen molar-refractivity contribution in [3.8, 4) is 0 Å². The minimum absolute atomic E-state index is 0.202. The number of carbonyl (C=O) groups is 2. The Morgan fingerprint density at radius 3 is 1.97 bits per heavy atom. The molecule has 0 saturated heterocycles. The van der Waals surface area contributed by atoms with Crippen molar-refractivity contribution < 1.29 is 18.0 Å². The smallest absolute Gasteiger partial charge is 0.271 e. The first-order valence-electron chi connectivity index (χ1n) is 8.60. The van der Waals surface area contributed by atoms with Gasteiger partial charge >= 0.3 is 0 Å². The van der Waals surface area contributed by atoms with Crippen molar-refractivity contribution in [2.24, 2.45) is 0 Å². The summed E-state index contributed by atoms with van der Waals surface area (Å²) in [6.07, 6.45) is 0. The number of rotatable bonds is 5. The molecule has 0 atom stereocenters. The molecule has 0 saturated carbocycles. The lowest BCUT2D eigenvalue weighted by Crippen LogP contribution is -2.41. The minimum atomic E-state index is -3.65. The zero-order chi connectivity index (χ0) is 21.0. The third-order valence-electron chi connectivity index (χ3n) is 3.93. The van der Waals surface area contributed by atoms with E-state index in [-0.39, 0.29) is 9.77 Å². The van der Waals surface area contributed by atoms with Crippen LogP contribution in [0.5, 0.6) is 0 Å². The molecule has 3 aromatic rings. The van der Waals surface area contributed by atoms with E-state index >= 15 is 0 Å². The number of thiophene rings is 1. The quantitative estimate of drug-likeness (QED) is 0.542. The predicted molar refractivity (Wildman–Crippen MR) is 112 cm³/mol. The molecule has 1 aromatic heterocycles. The van der Waals surface area contributed by atoms with E-state index in [9.17, 15) is 18.0 Å². The van der Waals surface area contributed by atoms with Crippen LogP contribution >= 0.6 is 11.3 Å². The molecule has 0 bridgehead atoms. The van der Waals surface area contributed by atoms with Crippen molar-refractivity contribution in [2.45, 2.75) is 18.1 Å². The van der Waals surface area contributed by atoms with Crippen LogP contribution < -0.4 is 15.6 Å². The Labute approximate surface area is 172 Å². The Kier molecular flexibility index (Phi) is 6.00. The Balaban J connectivity index is 1.61. The lowest BCUT2D eigenvalue weighted by Gasteiger charge is -2.10. The van der Waals surface area contributed by atoms with Gasteiger partial charge in [-0.3, -0.25) is 25.2 Å². The van der Waals surface area contributed by atoms with Gasteiger partial charge in [0, 0.05) is 16.8 Å². The van der Waals surface area contributed by atoms with Gasteiger partial charge in [0.2, 0.25) is 0 Å². The fraction of sp³-hybridized carbons (Fsp3) is 0.100. The number of anilines is 1. The summed E-state index contributed by atoms with van der Waals surface area (Å²) >= 11 is 1.11. The normalized spacial score (nSPS) is 11.0. The van der Waals surface area contributed by atoms with Crippen LogP contribution in [0, 0.1) is 13.8 Å². The van der Waals surface area contributed by atoms with E-state index in [0.29, 0.717) is 11.3 Å². The zero-order valence-corrected chi connectivity index (χ0v) is 17.4. The van der Waals surface area contributed by atoms with E-state index in [0.717, 1.165) is 22.5 Å². The average molecular weight is 430 g/mol. The molecule has 0 spiro atoms. The maximum Gasteiger partial charge on any atom is 0.271 e. The average Bonchev–Trinajstić information content (AvgIpc) is 3.21. The summed E-state index contributed by atoms with van der Waals surface area (Å²) in [5, 5.41) is 1.67. The maximum atomic E-state index is 12.2. The summed E-state index contributed by atoms with van der Waals surface area (Å²) in [6.45, 7) is 3.77. The molecule has 3 rings (SSSR count). The summed E-state index contributed by atoms with van der Waals surface area (Å²) in [5.41, 5.74) is 7.66. The van der Waals surface area contributed by atoms with Crippen molar-refractivity contribution in [2.75, 3.05) is 4.72 Å². The molecule has 29 heavy (non-hydrogen) atoms. The molecule has 0 unspecified atom stereocenters. The SMILES string of the molecule is Cc1cc(C)cc(C(=O)NNC(=O)c2ccc(NS(=O)(=O)c3cccs3)cc2)c1. The van der Waals surface area contributed by atoms with Crippen LogP contribution in [-0.2, 0) is 10.0 Å². The number of benzene rings is 2. The van der Waals surface area contributed by atoms with Crippen molar-refractivity contribution in [3.05, 3.63) is 82.2 Å². The molecule has 150 valence electrons. The molecular weight excluding hydrogens is 410 g/mol. The molecule has 0 aliphatic carbocycles. The molecule has 7 nitrogen and oxygen atoms in total. The van der Waals surface area contributed by atoms with E-state index in [1.54, 1.807) is 23.6 Å². The molecule has 0 radical (unpaired) electrons. The molecule has 9 heteroatoms. The van der Waals surface area contributed by atoms with Crippen molar-refractivity contribution in [1.29, 1.82) is 0 Å². The highest BCUT2D eigenvalue weighted by Crippen LogP contribution is 2.20. The van der Waals surface area contributed by atoms with Crippen molar-refractivity contribution in [1.82, 2.24) is 10.9 Å². The number of hydrazine groups is 1. The lowest BCUT2D eigenvalue weighted by atomic mass is 10.1. The van der Waals surface area contributed by atoms with Gasteiger partial charge in [-0.05, 0) is 61.7 Å². The third kappa shape index (κ3) is 5.21. The van der Waals surface area contributed by atoms with Gasteiger partial charge in [-0.1, -0.05) is 23.3 Å². The summed E-state index contributed by atoms with van der Waals surface area (Å²) < 4.78 is 27.1. The van der Waals surface area contributed by atoms with Gasteiger partial charge in [-0.25, -0.2) is 8.42 Å². The predicted octanol–water partition coefficient (Wildman–Crippen LogP) is 3.24. The Morgan fingerprint density at radius 1 is 0.828 bits per heavy atom. The first-order chi connectivity index (χ1) is 13.7. The van der Waals surface area contributed by atoms with Crippen LogP contribution in [0.1, 0.15) is 31.8 Å². The lowest BCUT2D eigenvalue weighted by molar-refractivity contribution is 0.0846. The molecular formula is C20H19N3O4S2. The number of hydrogen-bond donors (Lipinski definition) is 3. The van der Waals surface area contributed by atoms with E-state index in [4.69, 9.17) is 0 Å². The van der Waals surface area contributed by atoms with E-state index in [2.05, 4.69) is 15.6 Å². The van der Waals surface area contributed by atoms with Gasteiger partial charge in [0.1, 0.15) is 4.21 Å². The number of carbonyl (C=O) groups excluding carboxylic acids is 2. The maximum absolute atomic E-state index is 12.2. The number of aryl methyl sites for hydroxylation is 2. The molecule has 0 aliphatic heterocycles. The number of nitrogens with one attached hydrogen (secondary N) is 3. The fourth-order valence-corrected chi connectivity index (χ4v) is 4.73. The molecule has 2 amide bonds. The first kappa shape index (κ1) is 20.6. The van der Waals surface area contributed by atoms with E-state index < -0.39 is 21.8 Å². The van der Waals surface area contributed by atoms with Gasteiger partial charge in [0.05, 0.1) is 0 Å². The Bertz CT molecular complexity index is 1120. The van der Waals surface area contributed by atoms with Gasteiger partial charge in [0.15, 0.2) is 0 Å². The zero-order valence-electron chi connectivity index (χ0n) is 15.7. The van der Waals surface area contributed by atoms with Gasteiger partial charge in [-0.2, -0.15) is 0 Å². The minimum Gasteiger partial charge on any atom is -0.279 e. The fourth-order valence-electron chi connectivity index (χ4n) is 2.68. The molecule has 2 aromatic carbocycles. The van der Waals surface area contributed by atoms with Crippen molar-refractivity contribution in [3.63, 3.8) is 0 Å². The second-order valence-corrected chi connectivity index (χ2v) is 9.26. The molecule has 1 heterocycles. The molecule has 0 aliphatic rings. The van der Waals surface area contributed by atoms with Crippen LogP contribution in [-0.4, -0.2) is 20.2 Å². The summed E-state index contributed by atoms with van der Waals surface area (Å²) in [5.74, 6) is -0.944. The van der Waals surface area contributed by atoms with Gasteiger partial charge in [-0.15, -0.1) is 11.3 Å². The van der Waals surface area contributed by atoms with Gasteiger partial charge in [0.25, 0.3) is 21.8 Å². The number of sulfonamides is 1. The largest absolute Gasteiger partial charge is 0.279 e. The summed E-state index contributed by atoms with van der Waals surface area (Å²) in [7, 11) is -3.65. The monoisotopic (exact) mass is 429 g/mol. The number of amides is 2. The Morgan fingerprint density at radius 2 is 1.41 bits per heavy atom. The van der Waals surface area contributed by atoms with E-state index in [1.807, 2.05) is 19.9 Å². The molecule has 0 fully saturated rings. The second kappa shape index (κ2) is 8.46. The highest BCUT2D eigenvalue weighted by Gasteiger charge is 2.15. The number of hydrogen-bond acceptors (Lipinski definition) is 5. The topological polar surface area (TPSA) is 104 Å². The van der Waals surface area contributed by atoms with Crippen LogP contribution in [0.4, 0.5) is 5.69 Å². The Hall–Kier alpha value is -3.17. The van der Waals surface area contributed by atoms with Crippen LogP contribution in [0.25, 0.3) is 0 Å². The van der Waals surface area contributed by atoms with E-state index in [1.165, 1.54) is 30.3 Å². The third-order valence-corrected chi connectivity index (χ3v) is 6.71. The highest BCUT2D eigenvalue weighted by molar-refractivity contribution is 7.94. The van der Waals surface area contributed by atoms with Crippen LogP contribution in [0.15, 0.2) is 64.2 Å². The molecule has 3 N–H and O–H groups in total. The first-order valence-corrected chi connectivity index (χ1v) is 11.0.